The van der Waals surface area contributed by atoms with E-state index in [9.17, 15) is 0 Å². The van der Waals surface area contributed by atoms with Gasteiger partial charge in [0.05, 0.1) is 6.54 Å². The van der Waals surface area contributed by atoms with Gasteiger partial charge < -0.3 is 15.5 Å². The third-order valence-electron chi connectivity index (χ3n) is 3.97. The van der Waals surface area contributed by atoms with E-state index in [0.717, 1.165) is 19.0 Å². The number of aliphatic imine (C=N–C) groups is 1. The van der Waals surface area contributed by atoms with Gasteiger partial charge in [0.1, 0.15) is 0 Å². The minimum absolute atomic E-state index is 0. The van der Waals surface area contributed by atoms with Gasteiger partial charge in [0.25, 0.3) is 0 Å². The normalized spacial score (nSPS) is 13.1. The van der Waals surface area contributed by atoms with Gasteiger partial charge in [-0.05, 0) is 31.5 Å². The molecular weight excluding hydrogens is 407 g/mol. The van der Waals surface area contributed by atoms with E-state index < -0.39 is 0 Å². The van der Waals surface area contributed by atoms with Crippen molar-refractivity contribution in [1.29, 1.82) is 0 Å². The van der Waals surface area contributed by atoms with Gasteiger partial charge in [-0.3, -0.25) is 4.99 Å². The van der Waals surface area contributed by atoms with Crippen molar-refractivity contribution in [2.75, 3.05) is 27.7 Å². The summed E-state index contributed by atoms with van der Waals surface area (Å²) in [4.78, 5) is 7.95. The fourth-order valence-electron chi connectivity index (χ4n) is 2.61. The monoisotopic (exact) mass is 438 g/mol. The maximum Gasteiger partial charge on any atom is 0.191 e. The van der Waals surface area contributed by atoms with Crippen LogP contribution in [0.2, 0.25) is 0 Å². The number of likely N-dealkylation sites (N-methyl/N-ethyl adjacent to an activating group) is 1. The predicted molar refractivity (Wildman–Crippen MR) is 109 cm³/mol. The summed E-state index contributed by atoms with van der Waals surface area (Å²) >= 11 is 1.76. The second kappa shape index (κ2) is 12.1. The number of nitrogens with zero attached hydrogens (tertiary/aromatic N) is 2. The fraction of sp³-hybridized carbons (Fsp3) is 0.688. The average Bonchev–Trinajstić information content (AvgIpc) is 2.99. The van der Waals surface area contributed by atoms with E-state index in [1.54, 1.807) is 11.3 Å². The van der Waals surface area contributed by atoms with Crippen molar-refractivity contribution in [3.05, 3.63) is 22.4 Å². The summed E-state index contributed by atoms with van der Waals surface area (Å²) in [6.07, 6.45) is 2.42. The Hall–Kier alpha value is -0.340. The van der Waals surface area contributed by atoms with Crippen LogP contribution in [-0.4, -0.2) is 44.6 Å². The van der Waals surface area contributed by atoms with Crippen LogP contribution in [0.3, 0.4) is 0 Å². The highest BCUT2D eigenvalue weighted by Gasteiger charge is 2.20. The molecule has 0 fully saturated rings. The smallest absolute Gasteiger partial charge is 0.191 e. The molecule has 0 aliphatic heterocycles. The first-order valence-electron chi connectivity index (χ1n) is 7.75. The van der Waals surface area contributed by atoms with Gasteiger partial charge in [-0.25, -0.2) is 0 Å². The molecule has 0 aromatic carbocycles. The van der Waals surface area contributed by atoms with Crippen LogP contribution in [-0.2, 0) is 6.54 Å². The Kier molecular flexibility index (Phi) is 11.9. The first-order chi connectivity index (χ1) is 10.1. The first-order valence-corrected chi connectivity index (χ1v) is 8.63. The summed E-state index contributed by atoms with van der Waals surface area (Å²) in [5.41, 5.74) is 0. The molecule has 2 N–H and O–H groups in total. The zero-order valence-corrected chi connectivity index (χ0v) is 17.6. The number of hydrogen-bond donors (Lipinski definition) is 2. The fourth-order valence-corrected chi connectivity index (χ4v) is 3.25. The molecule has 1 atom stereocenters. The lowest BCUT2D eigenvalue weighted by atomic mass is 9.93. The minimum atomic E-state index is 0. The van der Waals surface area contributed by atoms with Crippen molar-refractivity contribution in [2.45, 2.75) is 39.3 Å². The maximum absolute atomic E-state index is 4.31. The molecule has 0 aliphatic rings. The molecule has 0 bridgehead atoms. The second-order valence-electron chi connectivity index (χ2n) is 5.49. The summed E-state index contributed by atoms with van der Waals surface area (Å²) in [6.45, 7) is 6.29. The molecule has 1 heterocycles. The summed E-state index contributed by atoms with van der Waals surface area (Å²) in [6, 6.07) is 4.74. The first kappa shape index (κ1) is 21.7. The van der Waals surface area contributed by atoms with Crippen molar-refractivity contribution in [3.63, 3.8) is 0 Å². The predicted octanol–water partition coefficient (Wildman–Crippen LogP) is 3.40. The molecule has 1 unspecified atom stereocenters. The molecule has 0 spiro atoms. The van der Waals surface area contributed by atoms with Crippen molar-refractivity contribution in [2.24, 2.45) is 10.9 Å². The summed E-state index contributed by atoms with van der Waals surface area (Å²) in [5.74, 6) is 1.59. The lowest BCUT2D eigenvalue weighted by Crippen LogP contribution is -2.47. The third-order valence-corrected chi connectivity index (χ3v) is 4.85. The van der Waals surface area contributed by atoms with E-state index in [-0.39, 0.29) is 24.0 Å². The molecule has 1 rings (SSSR count). The molecule has 0 saturated heterocycles. The van der Waals surface area contributed by atoms with Crippen molar-refractivity contribution in [3.8, 4) is 0 Å². The van der Waals surface area contributed by atoms with E-state index in [2.05, 4.69) is 66.0 Å². The largest absolute Gasteiger partial charge is 0.355 e. The van der Waals surface area contributed by atoms with Crippen LogP contribution in [0.15, 0.2) is 22.5 Å². The van der Waals surface area contributed by atoms with Gasteiger partial charge in [-0.1, -0.05) is 32.8 Å². The SMILES string of the molecule is CCC(CC)C(CNC(=NC)NCc1cccs1)N(C)C.I. The van der Waals surface area contributed by atoms with E-state index in [4.69, 9.17) is 0 Å². The Morgan fingerprint density at radius 2 is 1.95 bits per heavy atom. The van der Waals surface area contributed by atoms with E-state index >= 15 is 0 Å². The van der Waals surface area contributed by atoms with Crippen LogP contribution >= 0.6 is 35.3 Å². The highest BCUT2D eigenvalue weighted by Crippen LogP contribution is 2.16. The topological polar surface area (TPSA) is 39.7 Å². The third kappa shape index (κ3) is 7.28. The standard InChI is InChI=1S/C16H30N4S.HI/c1-6-13(7-2)15(20(4)5)12-19-16(17-3)18-11-14-9-8-10-21-14;/h8-10,13,15H,6-7,11-12H2,1-5H3,(H2,17,18,19);1H. The molecule has 1 aromatic rings. The lowest BCUT2D eigenvalue weighted by Gasteiger charge is -2.32. The van der Waals surface area contributed by atoms with E-state index in [1.165, 1.54) is 17.7 Å². The highest BCUT2D eigenvalue weighted by atomic mass is 127. The van der Waals surface area contributed by atoms with Gasteiger partial charge in [0.2, 0.25) is 0 Å². The zero-order valence-electron chi connectivity index (χ0n) is 14.4. The molecule has 128 valence electrons. The molecule has 22 heavy (non-hydrogen) atoms. The molecular formula is C16H31IN4S. The quantitative estimate of drug-likeness (QED) is 0.371. The van der Waals surface area contributed by atoms with Crippen molar-refractivity contribution in [1.82, 2.24) is 15.5 Å². The van der Waals surface area contributed by atoms with Crippen LogP contribution in [0.25, 0.3) is 0 Å². The molecule has 0 amide bonds. The van der Waals surface area contributed by atoms with Gasteiger partial charge in [-0.15, -0.1) is 35.3 Å². The number of rotatable bonds is 8. The molecule has 6 heteroatoms. The van der Waals surface area contributed by atoms with Gasteiger partial charge in [-0.2, -0.15) is 0 Å². The lowest BCUT2D eigenvalue weighted by molar-refractivity contribution is 0.200. The van der Waals surface area contributed by atoms with E-state index in [1.807, 2.05) is 7.05 Å². The van der Waals surface area contributed by atoms with Crippen molar-refractivity contribution >= 4 is 41.3 Å². The number of hydrogen-bond acceptors (Lipinski definition) is 3. The number of nitrogens with one attached hydrogen (secondary N) is 2. The van der Waals surface area contributed by atoms with Gasteiger partial charge in [0, 0.05) is 24.5 Å². The Morgan fingerprint density at radius 1 is 1.27 bits per heavy atom. The minimum Gasteiger partial charge on any atom is -0.355 e. The maximum atomic E-state index is 4.31. The van der Waals surface area contributed by atoms with Crippen molar-refractivity contribution < 1.29 is 0 Å². The van der Waals surface area contributed by atoms with Crippen LogP contribution in [0.4, 0.5) is 0 Å². The number of thiophene rings is 1. The Balaban J connectivity index is 0.00000441. The van der Waals surface area contributed by atoms with E-state index in [0.29, 0.717) is 12.0 Å². The molecule has 4 nitrogen and oxygen atoms in total. The van der Waals surface area contributed by atoms with Crippen LogP contribution < -0.4 is 10.6 Å². The van der Waals surface area contributed by atoms with Gasteiger partial charge in [0.15, 0.2) is 5.96 Å². The zero-order chi connectivity index (χ0) is 15.7. The molecule has 0 radical (unpaired) electrons. The molecule has 0 saturated carbocycles. The summed E-state index contributed by atoms with van der Waals surface area (Å²) in [5, 5.41) is 8.94. The Bertz CT molecular complexity index is 402. The number of halogens is 1. The highest BCUT2D eigenvalue weighted by molar-refractivity contribution is 14.0. The summed E-state index contributed by atoms with van der Waals surface area (Å²) in [7, 11) is 6.14. The second-order valence-corrected chi connectivity index (χ2v) is 6.53. The Labute approximate surface area is 156 Å². The average molecular weight is 438 g/mol. The van der Waals surface area contributed by atoms with Crippen LogP contribution in [0.1, 0.15) is 31.6 Å². The molecule has 1 aromatic heterocycles. The van der Waals surface area contributed by atoms with Gasteiger partial charge >= 0.3 is 0 Å². The number of guanidine groups is 1. The van der Waals surface area contributed by atoms with Crippen LogP contribution in [0.5, 0.6) is 0 Å². The molecule has 0 aliphatic carbocycles. The summed E-state index contributed by atoms with van der Waals surface area (Å²) < 4.78 is 0. The van der Waals surface area contributed by atoms with Crippen LogP contribution in [0, 0.1) is 5.92 Å². The Morgan fingerprint density at radius 3 is 2.41 bits per heavy atom.